The third kappa shape index (κ3) is 5.87. The van der Waals surface area contributed by atoms with Crippen LogP contribution in [0.4, 0.5) is 11.4 Å². The van der Waals surface area contributed by atoms with Crippen LogP contribution in [0.1, 0.15) is 52.4 Å². The lowest BCUT2D eigenvalue weighted by Gasteiger charge is -2.46. The molecule has 0 fully saturated rings. The Hall–Kier alpha value is -2.84. The third-order valence-electron chi connectivity index (χ3n) is 6.55. The fraction of sp³-hybridized carbons (Fsp3) is 0.444. The maximum Gasteiger partial charge on any atom is 0.264 e. The van der Waals surface area contributed by atoms with Crippen LogP contribution in [0.2, 0.25) is 0 Å². The molecular formula is C27H35N3O4S. The summed E-state index contributed by atoms with van der Waals surface area (Å²) in [5.74, 6) is 1.08. The predicted octanol–water partition coefficient (Wildman–Crippen LogP) is 6.16. The van der Waals surface area contributed by atoms with Gasteiger partial charge in [0.1, 0.15) is 6.17 Å². The monoisotopic (exact) mass is 497 g/mol. The molecule has 2 aromatic carbocycles. The molecule has 8 heteroatoms. The Morgan fingerprint density at radius 1 is 1.00 bits per heavy atom. The van der Waals surface area contributed by atoms with Crippen molar-refractivity contribution in [2.75, 3.05) is 17.2 Å². The average Bonchev–Trinajstić information content (AvgIpc) is 2.85. The van der Waals surface area contributed by atoms with Crippen molar-refractivity contribution in [3.8, 4) is 11.5 Å². The highest BCUT2D eigenvalue weighted by atomic mass is 32.2. The van der Waals surface area contributed by atoms with Gasteiger partial charge in [0.25, 0.3) is 10.1 Å². The first-order valence-corrected chi connectivity index (χ1v) is 14.1. The molecule has 0 bridgehead atoms. The van der Waals surface area contributed by atoms with E-state index in [1.165, 1.54) is 5.70 Å². The largest absolute Gasteiger partial charge is 0.453 e. The van der Waals surface area contributed by atoms with E-state index in [1.807, 2.05) is 54.7 Å². The molecule has 1 N–H and O–H groups in total. The molecule has 0 spiro atoms. The predicted molar refractivity (Wildman–Crippen MR) is 141 cm³/mol. The standard InChI is InChI=1S/C27H35N3O4S/c1-3-5-11-21-16-18-28-27(29(21)19-6-4-2)24(17-20-35(31,32)33)30-22-12-7-9-14-25(22)34-26-15-10-8-13-23(26)30/h7-10,12-16,18,24,27H,3-6,11,17,19-20H2,1-2H3,(H,31,32,33). The number of allylic oxidation sites excluding steroid dienone is 2. The van der Waals surface area contributed by atoms with E-state index in [-0.39, 0.29) is 24.4 Å². The van der Waals surface area contributed by atoms with Gasteiger partial charge in [0, 0.05) is 18.5 Å². The Balaban J connectivity index is 1.81. The average molecular weight is 498 g/mol. The number of benzene rings is 2. The van der Waals surface area contributed by atoms with Crippen LogP contribution in [0.25, 0.3) is 0 Å². The van der Waals surface area contributed by atoms with Crippen LogP contribution in [-0.2, 0) is 10.1 Å². The lowest BCUT2D eigenvalue weighted by Crippen LogP contribution is -2.51. The minimum Gasteiger partial charge on any atom is -0.453 e. The zero-order chi connectivity index (χ0) is 24.8. The van der Waals surface area contributed by atoms with Gasteiger partial charge < -0.3 is 14.5 Å². The van der Waals surface area contributed by atoms with Crippen molar-refractivity contribution in [2.24, 2.45) is 4.99 Å². The molecule has 7 nitrogen and oxygen atoms in total. The van der Waals surface area contributed by atoms with Gasteiger partial charge in [0.15, 0.2) is 11.5 Å². The van der Waals surface area contributed by atoms with E-state index in [0.717, 1.165) is 50.0 Å². The van der Waals surface area contributed by atoms with Crippen molar-refractivity contribution >= 4 is 27.7 Å². The van der Waals surface area contributed by atoms with E-state index in [9.17, 15) is 13.0 Å². The minimum absolute atomic E-state index is 0.215. The van der Waals surface area contributed by atoms with Gasteiger partial charge in [0.05, 0.1) is 23.2 Å². The second-order valence-electron chi connectivity index (χ2n) is 9.07. The molecule has 35 heavy (non-hydrogen) atoms. The molecule has 0 radical (unpaired) electrons. The normalized spacial score (nSPS) is 17.9. The van der Waals surface area contributed by atoms with Gasteiger partial charge in [-0.1, -0.05) is 51.0 Å². The van der Waals surface area contributed by atoms with Gasteiger partial charge in [0.2, 0.25) is 0 Å². The number of unbranched alkanes of at least 4 members (excludes halogenated alkanes) is 2. The van der Waals surface area contributed by atoms with Crippen LogP contribution < -0.4 is 9.64 Å². The summed E-state index contributed by atoms with van der Waals surface area (Å²) in [7, 11) is -4.16. The van der Waals surface area contributed by atoms with E-state index >= 15 is 0 Å². The first kappa shape index (κ1) is 25.3. The van der Waals surface area contributed by atoms with Gasteiger partial charge in [-0.3, -0.25) is 9.55 Å². The Bertz CT molecular complexity index is 1130. The van der Waals surface area contributed by atoms with E-state index in [0.29, 0.717) is 11.5 Å². The Labute approximate surface area is 208 Å². The molecule has 0 aromatic heterocycles. The summed E-state index contributed by atoms with van der Waals surface area (Å²) in [5, 5.41) is 0. The second kappa shape index (κ2) is 11.3. The van der Waals surface area contributed by atoms with Gasteiger partial charge in [-0.25, -0.2) is 0 Å². The summed E-state index contributed by atoms with van der Waals surface area (Å²) in [6.07, 6.45) is 9.03. The molecule has 2 aliphatic heterocycles. The molecule has 4 rings (SSSR count). The van der Waals surface area contributed by atoms with Crippen LogP contribution in [0.15, 0.2) is 65.3 Å². The smallest absolute Gasteiger partial charge is 0.264 e. The molecule has 2 atom stereocenters. The van der Waals surface area contributed by atoms with Crippen LogP contribution >= 0.6 is 0 Å². The topological polar surface area (TPSA) is 82.4 Å². The van der Waals surface area contributed by atoms with Crippen LogP contribution in [-0.4, -0.2) is 48.6 Å². The maximum absolute atomic E-state index is 11.9. The van der Waals surface area contributed by atoms with Crippen molar-refractivity contribution in [2.45, 2.75) is 64.6 Å². The third-order valence-corrected chi connectivity index (χ3v) is 7.30. The molecule has 2 unspecified atom stereocenters. The van der Waals surface area contributed by atoms with Crippen LogP contribution in [0.5, 0.6) is 11.5 Å². The summed E-state index contributed by atoms with van der Waals surface area (Å²) in [6, 6.07) is 15.2. The number of hydrogen-bond acceptors (Lipinski definition) is 6. The number of ether oxygens (including phenoxy) is 1. The van der Waals surface area contributed by atoms with Gasteiger partial charge in [-0.05, 0) is 56.0 Å². The Kier molecular flexibility index (Phi) is 8.13. The minimum atomic E-state index is -4.16. The Morgan fingerprint density at radius 2 is 1.63 bits per heavy atom. The number of nitrogens with zero attached hydrogens (tertiary/aromatic N) is 3. The molecule has 2 aromatic rings. The number of para-hydroxylation sites is 4. The van der Waals surface area contributed by atoms with Crippen LogP contribution in [0.3, 0.4) is 0 Å². The van der Waals surface area contributed by atoms with Crippen molar-refractivity contribution in [3.05, 3.63) is 60.3 Å². The maximum atomic E-state index is 11.9. The van der Waals surface area contributed by atoms with Gasteiger partial charge in [-0.15, -0.1) is 0 Å². The van der Waals surface area contributed by atoms with Gasteiger partial charge in [-0.2, -0.15) is 8.42 Å². The van der Waals surface area contributed by atoms with Crippen molar-refractivity contribution < 1.29 is 17.7 Å². The summed E-state index contributed by atoms with van der Waals surface area (Å²) in [4.78, 5) is 9.41. The highest BCUT2D eigenvalue weighted by Gasteiger charge is 2.38. The quantitative estimate of drug-likeness (QED) is 0.374. The Morgan fingerprint density at radius 3 is 2.23 bits per heavy atom. The number of rotatable bonds is 11. The SMILES string of the molecule is CCCCC1=CC=NC(C(CCS(=O)(=O)O)N2c3ccccc3Oc3ccccc32)N1CCCC. The summed E-state index contributed by atoms with van der Waals surface area (Å²) in [6.45, 7) is 5.19. The number of anilines is 2. The second-order valence-corrected chi connectivity index (χ2v) is 10.6. The van der Waals surface area contributed by atoms with E-state index in [1.54, 1.807) is 0 Å². The van der Waals surface area contributed by atoms with Crippen molar-refractivity contribution in [1.82, 2.24) is 4.90 Å². The van der Waals surface area contributed by atoms with Gasteiger partial charge >= 0.3 is 0 Å². The fourth-order valence-corrected chi connectivity index (χ4v) is 5.37. The number of fused-ring (bicyclic) bond motifs is 2. The number of aliphatic imine (C=N–C) groups is 1. The van der Waals surface area contributed by atoms with E-state index in [4.69, 9.17) is 9.73 Å². The summed E-state index contributed by atoms with van der Waals surface area (Å²) >= 11 is 0. The fourth-order valence-electron chi connectivity index (χ4n) is 4.83. The summed E-state index contributed by atoms with van der Waals surface area (Å²) in [5.41, 5.74) is 2.95. The highest BCUT2D eigenvalue weighted by molar-refractivity contribution is 7.85. The molecule has 0 amide bonds. The zero-order valence-corrected chi connectivity index (χ0v) is 21.3. The van der Waals surface area contributed by atoms with E-state index in [2.05, 4.69) is 29.7 Å². The molecule has 2 aliphatic rings. The zero-order valence-electron chi connectivity index (χ0n) is 20.5. The number of hydrogen-bond donors (Lipinski definition) is 1. The summed E-state index contributed by atoms with van der Waals surface area (Å²) < 4.78 is 39.7. The molecular weight excluding hydrogens is 462 g/mol. The van der Waals surface area contributed by atoms with Crippen LogP contribution in [0, 0.1) is 0 Å². The van der Waals surface area contributed by atoms with Crippen molar-refractivity contribution in [1.29, 1.82) is 0 Å². The molecule has 188 valence electrons. The first-order valence-electron chi connectivity index (χ1n) is 12.5. The molecule has 0 saturated carbocycles. The lowest BCUT2D eigenvalue weighted by atomic mass is 10.0. The lowest BCUT2D eigenvalue weighted by molar-refractivity contribution is 0.208. The first-order chi connectivity index (χ1) is 16.9. The van der Waals surface area contributed by atoms with E-state index < -0.39 is 10.1 Å². The highest BCUT2D eigenvalue weighted by Crippen LogP contribution is 2.48. The molecule has 0 saturated heterocycles. The molecule has 0 aliphatic carbocycles. The van der Waals surface area contributed by atoms with Crippen molar-refractivity contribution in [3.63, 3.8) is 0 Å². The molecule has 2 heterocycles.